The zero-order valence-corrected chi connectivity index (χ0v) is 33.5. The van der Waals surface area contributed by atoms with Crippen molar-refractivity contribution < 1.29 is 0 Å². The number of para-hydroxylation sites is 3. The van der Waals surface area contributed by atoms with Gasteiger partial charge in [-0.15, -0.1) is 0 Å². The van der Waals surface area contributed by atoms with Crippen LogP contribution in [0.25, 0.3) is 44.2 Å². The molecule has 0 aliphatic heterocycles. The standard InChI is InChI=1S/C59H40N2/c1-5-20-41(21-6-1)42-36-38-47(39-37-42)61(46-27-11-4-12-28-46)58-48-29-14-13-22-43(48)40-54-57(58)50-31-16-18-33-52(50)59(54)51-32-17-15-30-49(51)56-53(59)34-19-35-55(56)60(44-23-7-2-8-24-44)45-25-9-3-10-26-45/h1-40H. The Morgan fingerprint density at radius 3 is 1.38 bits per heavy atom. The Hall–Kier alpha value is -7.94. The molecule has 0 heterocycles. The van der Waals surface area contributed by atoms with Crippen molar-refractivity contribution in [1.29, 1.82) is 0 Å². The predicted octanol–water partition coefficient (Wildman–Crippen LogP) is 15.8. The Morgan fingerprint density at radius 2 is 0.754 bits per heavy atom. The third kappa shape index (κ3) is 5.29. The van der Waals surface area contributed by atoms with E-state index in [4.69, 9.17) is 0 Å². The molecule has 0 saturated heterocycles. The lowest BCUT2D eigenvalue weighted by Crippen LogP contribution is -2.26. The third-order valence-corrected chi connectivity index (χ3v) is 12.8. The molecule has 2 aliphatic rings. The topological polar surface area (TPSA) is 6.48 Å². The monoisotopic (exact) mass is 776 g/mol. The number of fused-ring (bicyclic) bond motifs is 11. The Bertz CT molecular complexity index is 3190. The first-order valence-electron chi connectivity index (χ1n) is 21.1. The first-order chi connectivity index (χ1) is 30.3. The average Bonchev–Trinajstić information content (AvgIpc) is 3.81. The van der Waals surface area contributed by atoms with Crippen molar-refractivity contribution >= 4 is 44.9 Å². The molecule has 10 aromatic rings. The van der Waals surface area contributed by atoms with E-state index in [-0.39, 0.29) is 0 Å². The summed E-state index contributed by atoms with van der Waals surface area (Å²) in [5, 5.41) is 2.42. The normalized spacial score (nSPS) is 14.3. The van der Waals surface area contributed by atoms with Gasteiger partial charge in [0.05, 0.1) is 16.8 Å². The molecule has 0 bridgehead atoms. The lowest BCUT2D eigenvalue weighted by Gasteiger charge is -2.33. The number of rotatable bonds is 7. The van der Waals surface area contributed by atoms with Crippen LogP contribution < -0.4 is 9.80 Å². The van der Waals surface area contributed by atoms with Gasteiger partial charge < -0.3 is 9.80 Å². The average molecular weight is 777 g/mol. The summed E-state index contributed by atoms with van der Waals surface area (Å²) in [4.78, 5) is 4.93. The minimum absolute atomic E-state index is 0.578. The van der Waals surface area contributed by atoms with Gasteiger partial charge >= 0.3 is 0 Å². The maximum Gasteiger partial charge on any atom is 0.0727 e. The largest absolute Gasteiger partial charge is 0.310 e. The van der Waals surface area contributed by atoms with Crippen LogP contribution in [0.4, 0.5) is 34.1 Å². The molecule has 0 saturated carbocycles. The smallest absolute Gasteiger partial charge is 0.0727 e. The molecule has 2 aliphatic carbocycles. The SMILES string of the molecule is c1ccc(-c2ccc(N(c3ccccc3)c3c4c(cc5ccccc35)C3(c5ccccc5-c5c(N(c6ccccc6)c6ccccc6)cccc53)c3ccccc3-4)cc2)cc1. The molecule has 61 heavy (non-hydrogen) atoms. The van der Waals surface area contributed by atoms with E-state index in [0.717, 1.165) is 28.4 Å². The van der Waals surface area contributed by atoms with Crippen LogP contribution >= 0.6 is 0 Å². The van der Waals surface area contributed by atoms with E-state index in [1.165, 1.54) is 72.1 Å². The Labute approximate surface area is 356 Å². The van der Waals surface area contributed by atoms with Crippen molar-refractivity contribution in [2.75, 3.05) is 9.80 Å². The molecule has 12 rings (SSSR count). The molecule has 1 unspecified atom stereocenters. The summed E-state index contributed by atoms with van der Waals surface area (Å²) in [6.45, 7) is 0. The Morgan fingerprint density at radius 1 is 0.295 bits per heavy atom. The number of anilines is 6. The van der Waals surface area contributed by atoms with Crippen LogP contribution in [0.2, 0.25) is 0 Å². The van der Waals surface area contributed by atoms with Gasteiger partial charge in [0.15, 0.2) is 0 Å². The molecule has 286 valence electrons. The van der Waals surface area contributed by atoms with Crippen molar-refractivity contribution in [3.8, 4) is 33.4 Å². The molecular formula is C59H40N2. The van der Waals surface area contributed by atoms with E-state index in [1.807, 2.05) is 0 Å². The van der Waals surface area contributed by atoms with Crippen LogP contribution in [0, 0.1) is 0 Å². The van der Waals surface area contributed by atoms with Crippen molar-refractivity contribution in [2.24, 2.45) is 0 Å². The molecule has 1 atom stereocenters. The van der Waals surface area contributed by atoms with Gasteiger partial charge in [0.1, 0.15) is 0 Å². The van der Waals surface area contributed by atoms with Crippen LogP contribution in [-0.2, 0) is 5.41 Å². The molecule has 0 N–H and O–H groups in total. The maximum atomic E-state index is 2.50. The van der Waals surface area contributed by atoms with Crippen LogP contribution in [0.5, 0.6) is 0 Å². The molecule has 0 fully saturated rings. The third-order valence-electron chi connectivity index (χ3n) is 12.8. The van der Waals surface area contributed by atoms with E-state index in [2.05, 4.69) is 252 Å². The van der Waals surface area contributed by atoms with E-state index in [1.54, 1.807) is 0 Å². The number of hydrogen-bond acceptors (Lipinski definition) is 2. The first-order valence-corrected chi connectivity index (χ1v) is 21.1. The van der Waals surface area contributed by atoms with Crippen molar-refractivity contribution in [1.82, 2.24) is 0 Å². The highest BCUT2D eigenvalue weighted by Crippen LogP contribution is 2.67. The lowest BCUT2D eigenvalue weighted by atomic mass is 9.70. The van der Waals surface area contributed by atoms with Gasteiger partial charge in [-0.1, -0.05) is 182 Å². The van der Waals surface area contributed by atoms with Crippen molar-refractivity contribution in [2.45, 2.75) is 5.41 Å². The minimum Gasteiger partial charge on any atom is -0.310 e. The van der Waals surface area contributed by atoms with Gasteiger partial charge in [-0.3, -0.25) is 0 Å². The summed E-state index contributed by atoms with van der Waals surface area (Å²) in [5.41, 5.74) is 18.9. The van der Waals surface area contributed by atoms with Gasteiger partial charge in [-0.25, -0.2) is 0 Å². The highest BCUT2D eigenvalue weighted by molar-refractivity contribution is 6.12. The molecular weight excluding hydrogens is 737 g/mol. The second kappa shape index (κ2) is 14.1. The molecule has 0 amide bonds. The predicted molar refractivity (Wildman–Crippen MR) is 255 cm³/mol. The number of hydrogen-bond donors (Lipinski definition) is 0. The summed E-state index contributed by atoms with van der Waals surface area (Å²) >= 11 is 0. The fourth-order valence-electron chi connectivity index (χ4n) is 10.4. The summed E-state index contributed by atoms with van der Waals surface area (Å²) in [6.07, 6.45) is 0. The van der Waals surface area contributed by atoms with Crippen LogP contribution in [0.15, 0.2) is 243 Å². The van der Waals surface area contributed by atoms with Crippen LogP contribution in [-0.4, -0.2) is 0 Å². The van der Waals surface area contributed by atoms with E-state index in [9.17, 15) is 0 Å². The minimum atomic E-state index is -0.578. The Kier molecular flexibility index (Phi) is 8.11. The molecule has 2 nitrogen and oxygen atoms in total. The van der Waals surface area contributed by atoms with Crippen molar-refractivity contribution in [3.63, 3.8) is 0 Å². The first kappa shape index (κ1) is 35.0. The molecule has 1 spiro atoms. The molecule has 0 aromatic heterocycles. The number of nitrogens with zero attached hydrogens (tertiary/aromatic N) is 2. The second-order valence-electron chi connectivity index (χ2n) is 16.0. The van der Waals surface area contributed by atoms with Gasteiger partial charge in [0, 0.05) is 39.3 Å². The van der Waals surface area contributed by atoms with E-state index in [0.29, 0.717) is 0 Å². The fraction of sp³-hybridized carbons (Fsp3) is 0.0169. The van der Waals surface area contributed by atoms with Crippen LogP contribution in [0.3, 0.4) is 0 Å². The van der Waals surface area contributed by atoms with Gasteiger partial charge in [-0.2, -0.15) is 0 Å². The zero-order chi connectivity index (χ0) is 40.3. The molecule has 2 heteroatoms. The van der Waals surface area contributed by atoms with Crippen LogP contribution in [0.1, 0.15) is 22.3 Å². The van der Waals surface area contributed by atoms with Gasteiger partial charge in [-0.05, 0) is 111 Å². The molecule has 10 aromatic carbocycles. The quantitative estimate of drug-likeness (QED) is 0.159. The Balaban J connectivity index is 1.18. The fourth-order valence-corrected chi connectivity index (χ4v) is 10.4. The zero-order valence-electron chi connectivity index (χ0n) is 33.5. The summed E-state index contributed by atoms with van der Waals surface area (Å²) in [7, 11) is 0. The number of benzene rings is 10. The summed E-state index contributed by atoms with van der Waals surface area (Å²) in [5.74, 6) is 0. The van der Waals surface area contributed by atoms with Crippen molar-refractivity contribution in [3.05, 3.63) is 265 Å². The lowest BCUT2D eigenvalue weighted by molar-refractivity contribution is 0.795. The molecule has 0 radical (unpaired) electrons. The second-order valence-corrected chi connectivity index (χ2v) is 16.0. The summed E-state index contributed by atoms with van der Waals surface area (Å²) in [6, 6.07) is 89.0. The van der Waals surface area contributed by atoms with E-state index >= 15 is 0 Å². The van der Waals surface area contributed by atoms with Gasteiger partial charge in [0.25, 0.3) is 0 Å². The van der Waals surface area contributed by atoms with E-state index < -0.39 is 5.41 Å². The highest BCUT2D eigenvalue weighted by Gasteiger charge is 2.53. The van der Waals surface area contributed by atoms with Gasteiger partial charge in [0.2, 0.25) is 0 Å². The highest BCUT2D eigenvalue weighted by atomic mass is 15.2. The maximum absolute atomic E-state index is 2.50. The summed E-state index contributed by atoms with van der Waals surface area (Å²) < 4.78 is 0.